The van der Waals surface area contributed by atoms with Gasteiger partial charge in [-0.2, -0.15) is 0 Å². The third kappa shape index (κ3) is 1.91. The summed E-state index contributed by atoms with van der Waals surface area (Å²) in [4.78, 5) is 35.1. The lowest BCUT2D eigenvalue weighted by Crippen LogP contribution is -2.29. The number of imide groups is 1. The fourth-order valence-corrected chi connectivity index (χ4v) is 1.83. The molecular weight excluding hydrogens is 222 g/mol. The molecule has 0 spiro atoms. The Kier molecular flexibility index (Phi) is 2.67. The summed E-state index contributed by atoms with van der Waals surface area (Å²) >= 11 is 0. The van der Waals surface area contributed by atoms with Crippen molar-refractivity contribution in [2.24, 2.45) is 0 Å². The zero-order chi connectivity index (χ0) is 12.6. The van der Waals surface area contributed by atoms with Gasteiger partial charge in [0, 0.05) is 12.8 Å². The minimum Gasteiger partial charge on any atom is -0.478 e. The summed E-state index contributed by atoms with van der Waals surface area (Å²) in [6.07, 6.45) is 0.380. The minimum absolute atomic E-state index is 0.0677. The molecule has 1 aromatic rings. The number of carboxylic acid groups (broad SMARTS) is 1. The van der Waals surface area contributed by atoms with Crippen LogP contribution in [0.15, 0.2) is 18.2 Å². The summed E-state index contributed by atoms with van der Waals surface area (Å²) in [6, 6.07) is 4.41. The average Bonchev–Trinajstić information content (AvgIpc) is 2.59. The molecule has 1 aliphatic rings. The fraction of sp³-hybridized carbons (Fsp3) is 0.250. The van der Waals surface area contributed by atoms with Crippen LogP contribution in [0.2, 0.25) is 0 Å². The first-order valence-corrected chi connectivity index (χ1v) is 5.20. The third-order valence-corrected chi connectivity index (χ3v) is 2.75. The molecule has 1 aromatic carbocycles. The number of anilines is 1. The Labute approximate surface area is 97.7 Å². The van der Waals surface area contributed by atoms with E-state index in [1.807, 2.05) is 0 Å². The molecule has 1 fully saturated rings. The van der Waals surface area contributed by atoms with E-state index >= 15 is 0 Å². The van der Waals surface area contributed by atoms with Crippen molar-refractivity contribution in [3.05, 3.63) is 29.3 Å². The smallest absolute Gasteiger partial charge is 0.335 e. The number of nitrogens with zero attached hydrogens (tertiary/aromatic N) is 1. The van der Waals surface area contributed by atoms with E-state index in [0.717, 1.165) is 4.90 Å². The van der Waals surface area contributed by atoms with Gasteiger partial charge in [0.2, 0.25) is 11.8 Å². The fourth-order valence-electron chi connectivity index (χ4n) is 1.83. The second-order valence-corrected chi connectivity index (χ2v) is 3.93. The SMILES string of the molecule is Cc1ccc(C(=O)O)cc1N1C(=O)CCC1=O. The van der Waals surface area contributed by atoms with Gasteiger partial charge in [-0.1, -0.05) is 6.07 Å². The number of carboxylic acids is 1. The highest BCUT2D eigenvalue weighted by molar-refractivity contribution is 6.20. The normalized spacial score (nSPS) is 15.5. The lowest BCUT2D eigenvalue weighted by Gasteiger charge is -2.16. The van der Waals surface area contributed by atoms with Crippen molar-refractivity contribution in [3.63, 3.8) is 0 Å². The zero-order valence-corrected chi connectivity index (χ0v) is 9.27. The Morgan fingerprint density at radius 1 is 1.24 bits per heavy atom. The number of aryl methyl sites for hydroxylation is 1. The quantitative estimate of drug-likeness (QED) is 0.782. The number of carbonyl (C=O) groups excluding carboxylic acids is 2. The van der Waals surface area contributed by atoms with Crippen LogP contribution < -0.4 is 4.90 Å². The molecule has 1 heterocycles. The van der Waals surface area contributed by atoms with E-state index in [2.05, 4.69) is 0 Å². The number of carbonyl (C=O) groups is 3. The molecule has 17 heavy (non-hydrogen) atoms. The monoisotopic (exact) mass is 233 g/mol. The Balaban J connectivity index is 2.50. The van der Waals surface area contributed by atoms with Gasteiger partial charge < -0.3 is 5.11 Å². The van der Waals surface area contributed by atoms with Crippen molar-refractivity contribution >= 4 is 23.5 Å². The maximum Gasteiger partial charge on any atom is 0.335 e. The summed E-state index contributed by atoms with van der Waals surface area (Å²) in [5, 5.41) is 8.89. The van der Waals surface area contributed by atoms with E-state index in [1.165, 1.54) is 12.1 Å². The van der Waals surface area contributed by atoms with E-state index in [-0.39, 0.29) is 30.2 Å². The summed E-state index contributed by atoms with van der Waals surface area (Å²) in [6.45, 7) is 1.74. The summed E-state index contributed by atoms with van der Waals surface area (Å²) < 4.78 is 0. The molecule has 2 rings (SSSR count). The lowest BCUT2D eigenvalue weighted by molar-refractivity contribution is -0.121. The highest BCUT2D eigenvalue weighted by atomic mass is 16.4. The van der Waals surface area contributed by atoms with E-state index in [4.69, 9.17) is 5.11 Å². The van der Waals surface area contributed by atoms with Gasteiger partial charge in [-0.15, -0.1) is 0 Å². The molecule has 2 amide bonds. The van der Waals surface area contributed by atoms with Crippen molar-refractivity contribution in [2.75, 3.05) is 4.90 Å². The Bertz CT molecular complexity index is 505. The second-order valence-electron chi connectivity index (χ2n) is 3.93. The van der Waals surface area contributed by atoms with Crippen LogP contribution in [0, 0.1) is 6.92 Å². The predicted molar refractivity (Wildman–Crippen MR) is 59.9 cm³/mol. The molecular formula is C12H11NO4. The molecule has 0 bridgehead atoms. The van der Waals surface area contributed by atoms with Crippen LogP contribution in [0.1, 0.15) is 28.8 Å². The lowest BCUT2D eigenvalue weighted by atomic mass is 10.1. The van der Waals surface area contributed by atoms with Gasteiger partial charge >= 0.3 is 5.97 Å². The Morgan fingerprint density at radius 3 is 2.35 bits per heavy atom. The summed E-state index contributed by atoms with van der Waals surface area (Å²) in [5.41, 5.74) is 1.15. The van der Waals surface area contributed by atoms with E-state index in [9.17, 15) is 14.4 Å². The van der Waals surface area contributed by atoms with E-state index < -0.39 is 5.97 Å². The molecule has 88 valence electrons. The van der Waals surface area contributed by atoms with Crippen molar-refractivity contribution in [1.29, 1.82) is 0 Å². The molecule has 0 radical (unpaired) electrons. The topological polar surface area (TPSA) is 74.7 Å². The van der Waals surface area contributed by atoms with E-state index in [0.29, 0.717) is 11.3 Å². The van der Waals surface area contributed by atoms with Crippen LogP contribution in [0.5, 0.6) is 0 Å². The molecule has 1 aliphatic heterocycles. The van der Waals surface area contributed by atoms with Crippen LogP contribution in [-0.2, 0) is 9.59 Å². The Hall–Kier alpha value is -2.17. The van der Waals surface area contributed by atoms with Crippen molar-refractivity contribution in [2.45, 2.75) is 19.8 Å². The average molecular weight is 233 g/mol. The first-order chi connectivity index (χ1) is 8.00. The van der Waals surface area contributed by atoms with Crippen LogP contribution in [0.25, 0.3) is 0 Å². The first kappa shape index (κ1) is 11.3. The minimum atomic E-state index is -1.08. The number of aromatic carboxylic acids is 1. The van der Waals surface area contributed by atoms with Crippen molar-refractivity contribution < 1.29 is 19.5 Å². The van der Waals surface area contributed by atoms with Gasteiger partial charge in [-0.25, -0.2) is 4.79 Å². The third-order valence-electron chi connectivity index (χ3n) is 2.75. The highest BCUT2D eigenvalue weighted by Gasteiger charge is 2.31. The number of rotatable bonds is 2. The van der Waals surface area contributed by atoms with Gasteiger partial charge in [0.15, 0.2) is 0 Å². The van der Waals surface area contributed by atoms with Gasteiger partial charge in [-0.05, 0) is 24.6 Å². The standard InChI is InChI=1S/C12H11NO4/c1-7-2-3-8(12(16)17)6-9(7)13-10(14)4-5-11(13)15/h2-3,6H,4-5H2,1H3,(H,16,17). The number of benzene rings is 1. The van der Waals surface area contributed by atoms with Crippen molar-refractivity contribution in [3.8, 4) is 0 Å². The first-order valence-electron chi connectivity index (χ1n) is 5.20. The maximum absolute atomic E-state index is 11.6. The second kappa shape index (κ2) is 4.01. The van der Waals surface area contributed by atoms with Gasteiger partial charge in [0.05, 0.1) is 11.3 Å². The Morgan fingerprint density at radius 2 is 1.82 bits per heavy atom. The predicted octanol–water partition coefficient (Wildman–Crippen LogP) is 1.35. The molecule has 0 aliphatic carbocycles. The molecule has 1 N–H and O–H groups in total. The van der Waals surface area contributed by atoms with Crippen molar-refractivity contribution in [1.82, 2.24) is 0 Å². The molecule has 0 aromatic heterocycles. The van der Waals surface area contributed by atoms with Crippen LogP contribution >= 0.6 is 0 Å². The van der Waals surface area contributed by atoms with Crippen LogP contribution in [0.4, 0.5) is 5.69 Å². The zero-order valence-electron chi connectivity index (χ0n) is 9.27. The number of amides is 2. The van der Waals surface area contributed by atoms with Gasteiger partial charge in [-0.3, -0.25) is 14.5 Å². The molecule has 1 saturated heterocycles. The van der Waals surface area contributed by atoms with Gasteiger partial charge in [0.25, 0.3) is 0 Å². The van der Waals surface area contributed by atoms with Gasteiger partial charge in [0.1, 0.15) is 0 Å². The van der Waals surface area contributed by atoms with Crippen LogP contribution in [-0.4, -0.2) is 22.9 Å². The molecule has 0 unspecified atom stereocenters. The van der Waals surface area contributed by atoms with Crippen LogP contribution in [0.3, 0.4) is 0 Å². The summed E-state index contributed by atoms with van der Waals surface area (Å²) in [7, 11) is 0. The largest absolute Gasteiger partial charge is 0.478 e. The van der Waals surface area contributed by atoms with E-state index in [1.54, 1.807) is 13.0 Å². The number of hydrogen-bond donors (Lipinski definition) is 1. The summed E-state index contributed by atoms with van der Waals surface area (Å²) in [5.74, 6) is -1.63. The molecule has 5 heteroatoms. The molecule has 0 atom stereocenters. The number of hydrogen-bond acceptors (Lipinski definition) is 3. The molecule has 5 nitrogen and oxygen atoms in total. The molecule has 0 saturated carbocycles. The maximum atomic E-state index is 11.6. The highest BCUT2D eigenvalue weighted by Crippen LogP contribution is 2.27.